The fourth-order valence-electron chi connectivity index (χ4n) is 4.12. The van der Waals surface area contributed by atoms with Crippen LogP contribution in [0.15, 0.2) is 36.0 Å². The van der Waals surface area contributed by atoms with Crippen molar-refractivity contribution in [2.45, 2.75) is 45.3 Å². The molecular formula is C23H26ClN5O3S. The van der Waals surface area contributed by atoms with Gasteiger partial charge in [-0.2, -0.15) is 0 Å². The summed E-state index contributed by atoms with van der Waals surface area (Å²) in [4.78, 5) is 38.3. The van der Waals surface area contributed by atoms with E-state index < -0.39 is 6.04 Å². The third-order valence-corrected chi connectivity index (χ3v) is 6.97. The van der Waals surface area contributed by atoms with E-state index in [4.69, 9.17) is 22.1 Å². The predicted molar refractivity (Wildman–Crippen MR) is 129 cm³/mol. The van der Waals surface area contributed by atoms with Crippen molar-refractivity contribution >= 4 is 51.5 Å². The van der Waals surface area contributed by atoms with E-state index in [2.05, 4.69) is 9.97 Å². The fourth-order valence-corrected chi connectivity index (χ4v) is 5.04. The summed E-state index contributed by atoms with van der Waals surface area (Å²) in [5.74, 6) is 0.180. The van der Waals surface area contributed by atoms with E-state index in [1.807, 2.05) is 36.9 Å². The molecule has 3 aromatic rings. The van der Waals surface area contributed by atoms with Gasteiger partial charge in [0, 0.05) is 36.0 Å². The van der Waals surface area contributed by atoms with Crippen molar-refractivity contribution in [3.63, 3.8) is 0 Å². The Morgan fingerprint density at radius 1 is 1.33 bits per heavy atom. The van der Waals surface area contributed by atoms with E-state index in [0.717, 1.165) is 22.9 Å². The number of rotatable bonds is 7. The Morgan fingerprint density at radius 2 is 2.15 bits per heavy atom. The van der Waals surface area contributed by atoms with E-state index in [-0.39, 0.29) is 24.5 Å². The van der Waals surface area contributed by atoms with Crippen LogP contribution >= 0.6 is 22.9 Å². The first-order valence-electron chi connectivity index (χ1n) is 10.8. The maximum Gasteiger partial charge on any atom is 0.261 e. The molecule has 10 heteroatoms. The molecule has 2 atom stereocenters. The normalized spacial score (nSPS) is 18.7. The van der Waals surface area contributed by atoms with Crippen molar-refractivity contribution in [2.75, 3.05) is 18.9 Å². The third-order valence-electron chi connectivity index (χ3n) is 5.79. The summed E-state index contributed by atoms with van der Waals surface area (Å²) < 4.78 is 5.61. The zero-order valence-corrected chi connectivity index (χ0v) is 20.1. The van der Waals surface area contributed by atoms with Crippen molar-refractivity contribution in [3.8, 4) is 5.06 Å². The lowest BCUT2D eigenvalue weighted by molar-refractivity contribution is -0.156. The van der Waals surface area contributed by atoms with Gasteiger partial charge in [-0.25, -0.2) is 9.97 Å². The number of nitrogens with two attached hydrogens (primary N) is 1. The second kappa shape index (κ2) is 9.93. The molecule has 0 bridgehead atoms. The van der Waals surface area contributed by atoms with E-state index in [1.165, 1.54) is 17.7 Å². The average molecular weight is 488 g/mol. The molecule has 2 amide bonds. The van der Waals surface area contributed by atoms with Crippen molar-refractivity contribution in [1.29, 1.82) is 0 Å². The summed E-state index contributed by atoms with van der Waals surface area (Å²) in [6.45, 7) is 4.74. The molecular weight excluding hydrogens is 462 g/mol. The van der Waals surface area contributed by atoms with Crippen molar-refractivity contribution < 1.29 is 14.3 Å². The fraction of sp³-hybridized carbons (Fsp3) is 0.391. The minimum absolute atomic E-state index is 0.0505. The van der Waals surface area contributed by atoms with Crippen LogP contribution < -0.4 is 10.5 Å². The highest BCUT2D eigenvalue weighted by Crippen LogP contribution is 2.28. The second-order valence-electron chi connectivity index (χ2n) is 8.15. The maximum atomic E-state index is 13.5. The van der Waals surface area contributed by atoms with E-state index in [1.54, 1.807) is 16.3 Å². The van der Waals surface area contributed by atoms with Crippen molar-refractivity contribution in [2.24, 2.45) is 0 Å². The van der Waals surface area contributed by atoms with Gasteiger partial charge in [-0.1, -0.05) is 31.0 Å². The van der Waals surface area contributed by atoms with E-state index in [9.17, 15) is 9.59 Å². The third kappa shape index (κ3) is 5.04. The van der Waals surface area contributed by atoms with Crippen LogP contribution in [0.2, 0.25) is 5.02 Å². The number of piperazine rings is 1. The van der Waals surface area contributed by atoms with Gasteiger partial charge in [-0.05, 0) is 31.0 Å². The van der Waals surface area contributed by atoms with E-state index in [0.29, 0.717) is 35.4 Å². The molecule has 4 rings (SSSR count). The van der Waals surface area contributed by atoms with Crippen LogP contribution in [0.5, 0.6) is 5.06 Å². The Kier molecular flexibility index (Phi) is 6.99. The first-order chi connectivity index (χ1) is 15.9. The number of halogens is 1. The Hall–Kier alpha value is -2.91. The number of nitrogen functional groups attached to an aromatic ring is 1. The molecule has 0 spiro atoms. The van der Waals surface area contributed by atoms with Crippen molar-refractivity contribution in [3.05, 3.63) is 46.6 Å². The number of fused-ring (bicyclic) bond motifs is 1. The molecule has 1 aromatic carbocycles. The largest absolute Gasteiger partial charge is 0.474 e. The highest BCUT2D eigenvalue weighted by atomic mass is 35.5. The highest BCUT2D eigenvalue weighted by Gasteiger charge is 2.40. The molecule has 0 aliphatic carbocycles. The number of aromatic nitrogens is 2. The molecule has 1 fully saturated rings. The number of carbonyl (C=O) groups excluding carboxylic acids is 2. The number of carbonyl (C=O) groups is 2. The quantitative estimate of drug-likeness (QED) is 0.544. The molecule has 0 radical (unpaired) electrons. The van der Waals surface area contributed by atoms with E-state index >= 15 is 0 Å². The van der Waals surface area contributed by atoms with Gasteiger partial charge in [0.05, 0.1) is 10.5 Å². The van der Waals surface area contributed by atoms with Gasteiger partial charge in [0.25, 0.3) is 5.91 Å². The maximum absolute atomic E-state index is 13.5. The number of thiophene rings is 1. The molecule has 1 aliphatic rings. The molecule has 0 saturated carbocycles. The summed E-state index contributed by atoms with van der Waals surface area (Å²) in [5, 5.41) is 3.69. The molecule has 1 saturated heterocycles. The number of amides is 2. The van der Waals surface area contributed by atoms with Gasteiger partial charge in [0.1, 0.15) is 18.2 Å². The molecule has 1 aliphatic heterocycles. The van der Waals surface area contributed by atoms with Gasteiger partial charge >= 0.3 is 0 Å². The lowest BCUT2D eigenvalue weighted by atomic mass is 10.0. The number of hydrogen-bond donors (Lipinski definition) is 1. The Balaban J connectivity index is 1.49. The van der Waals surface area contributed by atoms with Crippen LogP contribution in [0, 0.1) is 0 Å². The summed E-state index contributed by atoms with van der Waals surface area (Å²) >= 11 is 7.26. The predicted octanol–water partition coefficient (Wildman–Crippen LogP) is 3.73. The zero-order chi connectivity index (χ0) is 23.5. The van der Waals surface area contributed by atoms with Crippen molar-refractivity contribution in [1.82, 2.24) is 19.8 Å². The minimum atomic E-state index is -0.507. The van der Waals surface area contributed by atoms with Gasteiger partial charge in [0.15, 0.2) is 11.7 Å². The van der Waals surface area contributed by atoms with Crippen LogP contribution in [-0.2, 0) is 16.1 Å². The van der Waals surface area contributed by atoms with Crippen LogP contribution in [-0.4, -0.2) is 56.8 Å². The Bertz CT molecular complexity index is 1170. The monoisotopic (exact) mass is 487 g/mol. The Labute approximate surface area is 201 Å². The molecule has 3 heterocycles. The highest BCUT2D eigenvalue weighted by molar-refractivity contribution is 7.12. The van der Waals surface area contributed by atoms with Crippen LogP contribution in [0.3, 0.4) is 0 Å². The Morgan fingerprint density at radius 3 is 2.88 bits per heavy atom. The standard InChI is InChI=1S/C23H26ClN5O3S/c1-3-4-19-23(31)28(10-15-5-6-17-18(7-15)26-13-27-22(17)25)14(2)9-29(19)20(30)11-32-21-8-16(24)12-33-21/h5-8,12-14,19H,3-4,9-11H2,1-2H3,(H2,25,26,27)/t14-,19+/m0/s1. The molecule has 2 aromatic heterocycles. The molecule has 2 N–H and O–H groups in total. The zero-order valence-electron chi connectivity index (χ0n) is 18.5. The van der Waals surface area contributed by atoms with Gasteiger partial charge in [0.2, 0.25) is 5.91 Å². The molecule has 0 unspecified atom stereocenters. The minimum Gasteiger partial charge on any atom is -0.474 e. The number of hydrogen-bond acceptors (Lipinski definition) is 7. The lowest BCUT2D eigenvalue weighted by Crippen LogP contribution is -2.62. The number of anilines is 1. The first kappa shape index (κ1) is 23.3. The smallest absolute Gasteiger partial charge is 0.261 e. The van der Waals surface area contributed by atoms with Crippen LogP contribution in [0.1, 0.15) is 32.3 Å². The number of ether oxygens (including phenoxy) is 1. The van der Waals surface area contributed by atoms with Gasteiger partial charge < -0.3 is 20.3 Å². The SMILES string of the molecule is CCC[C@@H]1C(=O)N(Cc2ccc3c(N)ncnc3c2)[C@@H](C)CN1C(=O)COc1cc(Cl)cs1. The topological polar surface area (TPSA) is 102 Å². The summed E-state index contributed by atoms with van der Waals surface area (Å²) in [6.07, 6.45) is 2.82. The van der Waals surface area contributed by atoms with Crippen LogP contribution in [0.25, 0.3) is 10.9 Å². The molecule has 33 heavy (non-hydrogen) atoms. The van der Waals surface area contributed by atoms with Gasteiger partial charge in [-0.3, -0.25) is 9.59 Å². The lowest BCUT2D eigenvalue weighted by Gasteiger charge is -2.44. The summed E-state index contributed by atoms with van der Waals surface area (Å²) in [7, 11) is 0. The average Bonchev–Trinajstić information content (AvgIpc) is 3.22. The molecule has 174 valence electrons. The number of benzene rings is 1. The summed E-state index contributed by atoms with van der Waals surface area (Å²) in [5.41, 5.74) is 7.62. The number of nitrogens with zero attached hydrogens (tertiary/aromatic N) is 4. The van der Waals surface area contributed by atoms with Crippen LogP contribution in [0.4, 0.5) is 5.82 Å². The summed E-state index contributed by atoms with van der Waals surface area (Å²) in [6, 6.07) is 6.78. The first-order valence-corrected chi connectivity index (χ1v) is 12.1. The second-order valence-corrected chi connectivity index (χ2v) is 9.46. The van der Waals surface area contributed by atoms with Gasteiger partial charge in [-0.15, -0.1) is 11.3 Å². The molecule has 8 nitrogen and oxygen atoms in total.